The summed E-state index contributed by atoms with van der Waals surface area (Å²) in [4.78, 5) is 42.7. The highest BCUT2D eigenvalue weighted by Crippen LogP contribution is 2.45. The predicted molar refractivity (Wildman–Crippen MR) is 107 cm³/mol. The molecule has 2 aromatic rings. The van der Waals surface area contributed by atoms with Crippen molar-refractivity contribution in [2.24, 2.45) is 0 Å². The van der Waals surface area contributed by atoms with Crippen molar-refractivity contribution in [2.75, 3.05) is 10.2 Å². The van der Waals surface area contributed by atoms with E-state index in [4.69, 9.17) is 11.6 Å². The molecule has 0 spiro atoms. The Morgan fingerprint density at radius 2 is 1.89 bits per heavy atom. The first-order valence-electron chi connectivity index (χ1n) is 9.19. The van der Waals surface area contributed by atoms with Crippen LogP contribution in [0.1, 0.15) is 37.0 Å². The molecule has 0 aliphatic carbocycles. The van der Waals surface area contributed by atoms with E-state index in [0.717, 1.165) is 0 Å². The van der Waals surface area contributed by atoms with Crippen LogP contribution in [-0.4, -0.2) is 34.3 Å². The Bertz CT molecular complexity index is 990. The molecule has 1 fully saturated rings. The zero-order valence-corrected chi connectivity index (χ0v) is 16.4. The van der Waals surface area contributed by atoms with Crippen molar-refractivity contribution in [1.29, 1.82) is 0 Å². The summed E-state index contributed by atoms with van der Waals surface area (Å²) < 4.78 is 0. The molecule has 4 rings (SSSR count). The molecule has 1 atom stereocenters. The van der Waals surface area contributed by atoms with Gasteiger partial charge in [-0.1, -0.05) is 29.8 Å². The topological polar surface area (TPSA) is 69.7 Å². The lowest BCUT2D eigenvalue weighted by molar-refractivity contribution is -0.129. The molecule has 0 bridgehead atoms. The number of para-hydroxylation sites is 1. The van der Waals surface area contributed by atoms with Gasteiger partial charge in [-0.25, -0.2) is 0 Å². The summed E-state index contributed by atoms with van der Waals surface area (Å²) in [5.41, 5.74) is 0.0193. The molecule has 6 nitrogen and oxygen atoms in total. The minimum atomic E-state index is -1.40. The maximum Gasteiger partial charge on any atom is 0.271 e. The van der Waals surface area contributed by atoms with Gasteiger partial charge >= 0.3 is 0 Å². The van der Waals surface area contributed by atoms with Crippen LogP contribution in [0.25, 0.3) is 0 Å². The molecule has 0 unspecified atom stereocenters. The van der Waals surface area contributed by atoms with Gasteiger partial charge in [0.15, 0.2) is 0 Å². The third kappa shape index (κ3) is 2.59. The number of nitrogens with zero attached hydrogens (tertiary/aromatic N) is 2. The van der Waals surface area contributed by atoms with Gasteiger partial charge in [-0.05, 0) is 44.2 Å². The van der Waals surface area contributed by atoms with Crippen LogP contribution in [0.3, 0.4) is 0 Å². The molecule has 1 saturated heterocycles. The minimum absolute atomic E-state index is 0.174. The zero-order chi connectivity index (χ0) is 20.1. The zero-order valence-electron chi connectivity index (χ0n) is 15.6. The number of fused-ring (bicyclic) bond motifs is 3. The van der Waals surface area contributed by atoms with Crippen LogP contribution in [0.15, 0.2) is 48.5 Å². The fourth-order valence-corrected chi connectivity index (χ4v) is 4.39. The van der Waals surface area contributed by atoms with Crippen LogP contribution in [0.4, 0.5) is 11.4 Å². The van der Waals surface area contributed by atoms with Crippen molar-refractivity contribution in [3.05, 3.63) is 59.1 Å². The normalized spacial score (nSPS) is 21.0. The smallest absolute Gasteiger partial charge is 0.271 e. The molecule has 0 aromatic heterocycles. The molecule has 3 amide bonds. The molecule has 144 valence electrons. The van der Waals surface area contributed by atoms with E-state index in [9.17, 15) is 14.4 Å². The molecule has 0 saturated carbocycles. The number of nitrogens with one attached hydrogen (secondary N) is 1. The van der Waals surface area contributed by atoms with Gasteiger partial charge in [0, 0.05) is 29.6 Å². The molecule has 0 radical (unpaired) electrons. The number of halogens is 1. The van der Waals surface area contributed by atoms with E-state index in [2.05, 4.69) is 5.32 Å². The quantitative estimate of drug-likeness (QED) is 0.859. The molecule has 1 N–H and O–H groups in total. The highest BCUT2D eigenvalue weighted by Gasteiger charge is 2.61. The Balaban J connectivity index is 1.87. The van der Waals surface area contributed by atoms with Crippen molar-refractivity contribution in [1.82, 2.24) is 4.90 Å². The lowest BCUT2D eigenvalue weighted by Crippen LogP contribution is -2.70. The molecule has 2 aliphatic rings. The van der Waals surface area contributed by atoms with Crippen molar-refractivity contribution < 1.29 is 14.4 Å². The van der Waals surface area contributed by atoms with Crippen LogP contribution < -0.4 is 10.2 Å². The van der Waals surface area contributed by atoms with Crippen LogP contribution in [0.2, 0.25) is 5.02 Å². The number of amides is 3. The molecular weight excluding hydrogens is 378 g/mol. The molecule has 28 heavy (non-hydrogen) atoms. The Hall–Kier alpha value is -2.86. The van der Waals surface area contributed by atoms with Gasteiger partial charge in [-0.2, -0.15) is 0 Å². The second kappa shape index (κ2) is 6.63. The van der Waals surface area contributed by atoms with Gasteiger partial charge in [0.2, 0.25) is 11.6 Å². The van der Waals surface area contributed by atoms with E-state index in [1.165, 1.54) is 9.80 Å². The highest BCUT2D eigenvalue weighted by atomic mass is 35.5. The first-order chi connectivity index (χ1) is 13.4. The second-order valence-electron chi connectivity index (χ2n) is 7.30. The number of rotatable bonds is 3. The van der Waals surface area contributed by atoms with Crippen LogP contribution in [0.5, 0.6) is 0 Å². The minimum Gasteiger partial charge on any atom is -0.322 e. The number of anilines is 2. The SMILES string of the molecule is CC(C)N1C(=O)c2ccccc2N2C(=O)CC[C@]21C(=O)Nc1cccc(Cl)c1. The number of hydrogen-bond acceptors (Lipinski definition) is 3. The first kappa shape index (κ1) is 18.5. The van der Waals surface area contributed by atoms with Gasteiger partial charge in [0.05, 0.1) is 11.3 Å². The standard InChI is InChI=1S/C21H20ClN3O3/c1-13(2)24-19(27)16-8-3-4-9-17(16)25-18(26)10-11-21(24,25)20(28)23-15-7-5-6-14(22)12-15/h3-9,12-13H,10-11H2,1-2H3,(H,23,28)/t21-/m1/s1. The van der Waals surface area contributed by atoms with E-state index in [0.29, 0.717) is 22.0 Å². The predicted octanol–water partition coefficient (Wildman–Crippen LogP) is 3.67. The second-order valence-corrected chi connectivity index (χ2v) is 7.73. The maximum atomic E-state index is 13.6. The Labute approximate surface area is 168 Å². The molecule has 7 heteroatoms. The molecule has 2 aliphatic heterocycles. The lowest BCUT2D eigenvalue weighted by Gasteiger charge is -2.50. The van der Waals surface area contributed by atoms with Crippen LogP contribution in [-0.2, 0) is 9.59 Å². The maximum absolute atomic E-state index is 13.6. The summed E-state index contributed by atoms with van der Waals surface area (Å²) >= 11 is 6.04. The van der Waals surface area contributed by atoms with Crippen molar-refractivity contribution >= 4 is 40.7 Å². The van der Waals surface area contributed by atoms with Crippen molar-refractivity contribution in [2.45, 2.75) is 38.4 Å². The van der Waals surface area contributed by atoms with Gasteiger partial charge in [-0.3, -0.25) is 19.3 Å². The largest absolute Gasteiger partial charge is 0.322 e. The first-order valence-corrected chi connectivity index (χ1v) is 9.57. The van der Waals surface area contributed by atoms with E-state index in [1.807, 2.05) is 13.8 Å². The number of carbonyl (C=O) groups is 3. The summed E-state index contributed by atoms with van der Waals surface area (Å²) in [6.45, 7) is 3.70. The van der Waals surface area contributed by atoms with E-state index >= 15 is 0 Å². The fraction of sp³-hybridized carbons (Fsp3) is 0.286. The summed E-state index contributed by atoms with van der Waals surface area (Å²) in [5.74, 6) is -0.846. The summed E-state index contributed by atoms with van der Waals surface area (Å²) in [7, 11) is 0. The summed E-state index contributed by atoms with van der Waals surface area (Å²) in [6.07, 6.45) is 0.421. The van der Waals surface area contributed by atoms with Crippen LogP contribution >= 0.6 is 11.6 Å². The summed E-state index contributed by atoms with van der Waals surface area (Å²) in [6, 6.07) is 13.5. The number of carbonyl (C=O) groups excluding carboxylic acids is 3. The molecular formula is C21H20ClN3O3. The third-order valence-electron chi connectivity index (χ3n) is 5.26. The average molecular weight is 398 g/mol. The van der Waals surface area contributed by atoms with Gasteiger partial charge in [0.1, 0.15) is 0 Å². The number of benzene rings is 2. The van der Waals surface area contributed by atoms with E-state index < -0.39 is 11.6 Å². The van der Waals surface area contributed by atoms with Crippen LogP contribution in [0, 0.1) is 0 Å². The molecule has 2 heterocycles. The number of hydrogen-bond donors (Lipinski definition) is 1. The van der Waals surface area contributed by atoms with E-state index in [-0.39, 0.29) is 30.7 Å². The summed E-state index contributed by atoms with van der Waals surface area (Å²) in [5, 5.41) is 3.35. The van der Waals surface area contributed by atoms with Gasteiger partial charge < -0.3 is 10.2 Å². The molecule has 2 aromatic carbocycles. The van der Waals surface area contributed by atoms with Crippen molar-refractivity contribution in [3.8, 4) is 0 Å². The highest BCUT2D eigenvalue weighted by molar-refractivity contribution is 6.31. The Morgan fingerprint density at radius 1 is 1.14 bits per heavy atom. The Kier molecular flexibility index (Phi) is 4.38. The van der Waals surface area contributed by atoms with E-state index in [1.54, 1.807) is 48.5 Å². The lowest BCUT2D eigenvalue weighted by atomic mass is 9.94. The third-order valence-corrected chi connectivity index (χ3v) is 5.50. The van der Waals surface area contributed by atoms with Crippen molar-refractivity contribution in [3.63, 3.8) is 0 Å². The van der Waals surface area contributed by atoms with Gasteiger partial charge in [-0.15, -0.1) is 0 Å². The Morgan fingerprint density at radius 3 is 2.61 bits per heavy atom. The monoisotopic (exact) mass is 397 g/mol. The fourth-order valence-electron chi connectivity index (χ4n) is 4.20. The average Bonchev–Trinajstić information content (AvgIpc) is 3.00. The van der Waals surface area contributed by atoms with Gasteiger partial charge in [0.25, 0.3) is 11.8 Å².